The summed E-state index contributed by atoms with van der Waals surface area (Å²) < 4.78 is 0. The Labute approximate surface area is 112 Å². The van der Waals surface area contributed by atoms with Crippen LogP contribution in [0.4, 0.5) is 5.69 Å². The summed E-state index contributed by atoms with van der Waals surface area (Å²) in [6.45, 7) is 2.65. The minimum absolute atomic E-state index is 0.0347. The standard InChI is InChI=1S/C13H19N3O3/c1-10(8-14-2)13(17)15(3)9-11-6-4-5-7-12(11)16(18)19/h4-7,10,14H,8-9H2,1-3H3. The van der Waals surface area contributed by atoms with Gasteiger partial charge in [0.05, 0.1) is 11.5 Å². The molecule has 0 fully saturated rings. The summed E-state index contributed by atoms with van der Waals surface area (Å²) in [5.41, 5.74) is 0.587. The Morgan fingerprint density at radius 1 is 1.47 bits per heavy atom. The largest absolute Gasteiger partial charge is 0.341 e. The summed E-state index contributed by atoms with van der Waals surface area (Å²) in [6, 6.07) is 6.47. The van der Waals surface area contributed by atoms with Gasteiger partial charge >= 0.3 is 0 Å². The number of carbonyl (C=O) groups excluding carboxylic acids is 1. The van der Waals surface area contributed by atoms with Gasteiger partial charge in [-0.15, -0.1) is 0 Å². The number of nitro benzene ring substituents is 1. The van der Waals surface area contributed by atoms with Crippen molar-refractivity contribution in [3.63, 3.8) is 0 Å². The third kappa shape index (κ3) is 4.03. The molecular formula is C13H19N3O3. The molecule has 1 aromatic carbocycles. The number of hydrogen-bond acceptors (Lipinski definition) is 4. The van der Waals surface area contributed by atoms with E-state index >= 15 is 0 Å². The van der Waals surface area contributed by atoms with Crippen LogP contribution >= 0.6 is 0 Å². The maximum Gasteiger partial charge on any atom is 0.274 e. The molecule has 1 amide bonds. The van der Waals surface area contributed by atoms with Crippen molar-refractivity contribution in [3.8, 4) is 0 Å². The molecule has 0 bridgehead atoms. The fourth-order valence-electron chi connectivity index (χ4n) is 1.93. The smallest absolute Gasteiger partial charge is 0.274 e. The number of carbonyl (C=O) groups is 1. The van der Waals surface area contributed by atoms with Crippen LogP contribution in [0.25, 0.3) is 0 Å². The number of benzene rings is 1. The van der Waals surface area contributed by atoms with E-state index in [0.717, 1.165) is 0 Å². The van der Waals surface area contributed by atoms with E-state index in [-0.39, 0.29) is 24.1 Å². The molecule has 6 nitrogen and oxygen atoms in total. The van der Waals surface area contributed by atoms with Crippen LogP contribution < -0.4 is 5.32 Å². The molecule has 1 N–H and O–H groups in total. The van der Waals surface area contributed by atoms with E-state index in [2.05, 4.69) is 5.32 Å². The average molecular weight is 265 g/mol. The van der Waals surface area contributed by atoms with E-state index in [4.69, 9.17) is 0 Å². The van der Waals surface area contributed by atoms with Crippen LogP contribution in [0.5, 0.6) is 0 Å². The first kappa shape index (κ1) is 15.1. The Hall–Kier alpha value is -1.95. The Kier molecular flexibility index (Phi) is 5.44. The van der Waals surface area contributed by atoms with Crippen LogP contribution in [-0.4, -0.2) is 36.4 Å². The predicted molar refractivity (Wildman–Crippen MR) is 72.7 cm³/mol. The minimum Gasteiger partial charge on any atom is -0.341 e. The van der Waals surface area contributed by atoms with Crippen LogP contribution in [0, 0.1) is 16.0 Å². The second kappa shape index (κ2) is 6.84. The molecule has 0 aliphatic heterocycles. The SMILES string of the molecule is CNCC(C)C(=O)N(C)Cc1ccccc1[N+](=O)[O-]. The Bertz CT molecular complexity index is 462. The molecule has 0 aliphatic rings. The quantitative estimate of drug-likeness (QED) is 0.623. The minimum atomic E-state index is -0.426. The lowest BCUT2D eigenvalue weighted by atomic mass is 10.1. The Balaban J connectivity index is 2.79. The number of hydrogen-bond donors (Lipinski definition) is 1. The zero-order valence-corrected chi connectivity index (χ0v) is 11.4. The second-order valence-electron chi connectivity index (χ2n) is 4.54. The summed E-state index contributed by atoms with van der Waals surface area (Å²) >= 11 is 0. The van der Waals surface area contributed by atoms with Crippen molar-refractivity contribution in [1.82, 2.24) is 10.2 Å². The van der Waals surface area contributed by atoms with Crippen LogP contribution in [0.1, 0.15) is 12.5 Å². The van der Waals surface area contributed by atoms with Crippen molar-refractivity contribution in [2.24, 2.45) is 5.92 Å². The third-order valence-corrected chi connectivity index (χ3v) is 2.90. The van der Waals surface area contributed by atoms with E-state index in [9.17, 15) is 14.9 Å². The fourth-order valence-corrected chi connectivity index (χ4v) is 1.93. The molecule has 19 heavy (non-hydrogen) atoms. The van der Waals surface area contributed by atoms with Crippen molar-refractivity contribution in [3.05, 3.63) is 39.9 Å². The topological polar surface area (TPSA) is 75.5 Å². The zero-order chi connectivity index (χ0) is 14.4. The summed E-state index contributed by atoms with van der Waals surface area (Å²) in [5.74, 6) is -0.190. The van der Waals surface area contributed by atoms with E-state index < -0.39 is 4.92 Å². The van der Waals surface area contributed by atoms with Gasteiger partial charge in [-0.2, -0.15) is 0 Å². The fraction of sp³-hybridized carbons (Fsp3) is 0.462. The molecule has 0 radical (unpaired) electrons. The van der Waals surface area contributed by atoms with Crippen LogP contribution in [0.15, 0.2) is 24.3 Å². The van der Waals surface area contributed by atoms with E-state index in [1.54, 1.807) is 32.3 Å². The van der Waals surface area contributed by atoms with E-state index in [1.807, 2.05) is 6.92 Å². The lowest BCUT2D eigenvalue weighted by Gasteiger charge is -2.21. The highest BCUT2D eigenvalue weighted by Gasteiger charge is 2.20. The Morgan fingerprint density at radius 3 is 2.68 bits per heavy atom. The molecule has 104 valence electrons. The van der Waals surface area contributed by atoms with Crippen molar-refractivity contribution in [1.29, 1.82) is 0 Å². The maximum atomic E-state index is 12.0. The van der Waals surface area contributed by atoms with Crippen molar-refractivity contribution < 1.29 is 9.72 Å². The first-order valence-electron chi connectivity index (χ1n) is 6.09. The number of nitrogens with one attached hydrogen (secondary N) is 1. The molecular weight excluding hydrogens is 246 g/mol. The monoisotopic (exact) mass is 265 g/mol. The second-order valence-corrected chi connectivity index (χ2v) is 4.54. The highest BCUT2D eigenvalue weighted by atomic mass is 16.6. The lowest BCUT2D eigenvalue weighted by molar-refractivity contribution is -0.385. The maximum absolute atomic E-state index is 12.0. The van der Waals surface area contributed by atoms with E-state index in [0.29, 0.717) is 12.1 Å². The van der Waals surface area contributed by atoms with Gasteiger partial charge in [-0.25, -0.2) is 0 Å². The van der Waals surface area contributed by atoms with Gasteiger partial charge < -0.3 is 10.2 Å². The van der Waals surface area contributed by atoms with Gasteiger partial charge in [0.25, 0.3) is 5.69 Å². The summed E-state index contributed by atoms with van der Waals surface area (Å²) in [5, 5.41) is 13.8. The third-order valence-electron chi connectivity index (χ3n) is 2.90. The van der Waals surface area contributed by atoms with Crippen LogP contribution in [0.2, 0.25) is 0 Å². The summed E-state index contributed by atoms with van der Waals surface area (Å²) in [7, 11) is 3.44. The van der Waals surface area contributed by atoms with Gasteiger partial charge in [0.1, 0.15) is 0 Å². The number of para-hydroxylation sites is 1. The molecule has 1 unspecified atom stereocenters. The molecule has 0 spiro atoms. The molecule has 0 saturated carbocycles. The van der Waals surface area contributed by atoms with Gasteiger partial charge in [-0.05, 0) is 7.05 Å². The number of nitro groups is 1. The number of amides is 1. The first-order chi connectivity index (χ1) is 8.97. The van der Waals surface area contributed by atoms with Gasteiger partial charge in [-0.1, -0.05) is 25.1 Å². The average Bonchev–Trinajstić information content (AvgIpc) is 2.38. The van der Waals surface area contributed by atoms with Gasteiger partial charge in [0, 0.05) is 31.1 Å². The highest BCUT2D eigenvalue weighted by Crippen LogP contribution is 2.19. The molecule has 1 aromatic rings. The van der Waals surface area contributed by atoms with Crippen molar-refractivity contribution in [2.45, 2.75) is 13.5 Å². The normalized spacial score (nSPS) is 11.9. The van der Waals surface area contributed by atoms with E-state index in [1.165, 1.54) is 11.0 Å². The van der Waals surface area contributed by atoms with Gasteiger partial charge in [0.2, 0.25) is 5.91 Å². The molecule has 0 saturated heterocycles. The zero-order valence-electron chi connectivity index (χ0n) is 11.4. The summed E-state index contributed by atoms with van der Waals surface area (Å²) in [6.07, 6.45) is 0. The van der Waals surface area contributed by atoms with Gasteiger partial charge in [-0.3, -0.25) is 14.9 Å². The first-order valence-corrected chi connectivity index (χ1v) is 6.09. The molecule has 6 heteroatoms. The number of nitrogens with zero attached hydrogens (tertiary/aromatic N) is 2. The molecule has 1 rings (SSSR count). The molecule has 1 atom stereocenters. The lowest BCUT2D eigenvalue weighted by Crippen LogP contribution is -2.35. The summed E-state index contributed by atoms with van der Waals surface area (Å²) in [4.78, 5) is 24.0. The molecule has 0 aliphatic carbocycles. The van der Waals surface area contributed by atoms with Crippen molar-refractivity contribution >= 4 is 11.6 Å². The predicted octanol–water partition coefficient (Wildman–Crippen LogP) is 1.41. The molecule has 0 heterocycles. The molecule has 0 aromatic heterocycles. The van der Waals surface area contributed by atoms with Crippen LogP contribution in [-0.2, 0) is 11.3 Å². The Morgan fingerprint density at radius 2 is 2.11 bits per heavy atom. The van der Waals surface area contributed by atoms with Crippen LogP contribution in [0.3, 0.4) is 0 Å². The highest BCUT2D eigenvalue weighted by molar-refractivity contribution is 5.78. The van der Waals surface area contributed by atoms with Crippen molar-refractivity contribution in [2.75, 3.05) is 20.6 Å². The number of rotatable bonds is 6. The van der Waals surface area contributed by atoms with Gasteiger partial charge in [0.15, 0.2) is 0 Å².